The Morgan fingerprint density at radius 3 is 2.40 bits per heavy atom. The van der Waals surface area contributed by atoms with Gasteiger partial charge in [0, 0.05) is 5.56 Å². The summed E-state index contributed by atoms with van der Waals surface area (Å²) in [6.07, 6.45) is 3.35. The SMILES string of the molecule is Cc1ccc(C(NN)c2ccoc2)cc1. The molecule has 3 N–H and O–H groups in total. The van der Waals surface area contributed by atoms with Gasteiger partial charge in [0.1, 0.15) is 0 Å². The first-order chi connectivity index (χ1) is 7.31. The second kappa shape index (κ2) is 4.29. The molecule has 1 unspecified atom stereocenters. The molecule has 1 aromatic carbocycles. The molecule has 3 heteroatoms. The Labute approximate surface area is 88.9 Å². The number of furan rings is 1. The summed E-state index contributed by atoms with van der Waals surface area (Å²) in [7, 11) is 0. The molecule has 0 spiro atoms. The molecule has 0 radical (unpaired) electrons. The van der Waals surface area contributed by atoms with Gasteiger partial charge in [-0.2, -0.15) is 0 Å². The lowest BCUT2D eigenvalue weighted by Gasteiger charge is -2.14. The lowest BCUT2D eigenvalue weighted by molar-refractivity contribution is 0.553. The van der Waals surface area contributed by atoms with Gasteiger partial charge in [-0.05, 0) is 18.6 Å². The fourth-order valence-corrected chi connectivity index (χ4v) is 1.58. The normalized spacial score (nSPS) is 12.7. The lowest BCUT2D eigenvalue weighted by atomic mass is 10.0. The van der Waals surface area contributed by atoms with Crippen molar-refractivity contribution >= 4 is 0 Å². The predicted octanol–water partition coefficient (Wildman–Crippen LogP) is 2.14. The molecular formula is C12H14N2O. The summed E-state index contributed by atoms with van der Waals surface area (Å²) in [6.45, 7) is 2.06. The Hall–Kier alpha value is -1.58. The van der Waals surface area contributed by atoms with Gasteiger partial charge in [-0.25, -0.2) is 5.43 Å². The molecule has 3 nitrogen and oxygen atoms in total. The van der Waals surface area contributed by atoms with Gasteiger partial charge in [-0.1, -0.05) is 29.8 Å². The molecular weight excluding hydrogens is 188 g/mol. The van der Waals surface area contributed by atoms with Gasteiger partial charge < -0.3 is 4.42 Å². The minimum absolute atomic E-state index is 0.00986. The lowest BCUT2D eigenvalue weighted by Crippen LogP contribution is -2.28. The van der Waals surface area contributed by atoms with Crippen LogP contribution >= 0.6 is 0 Å². The number of nitrogens with two attached hydrogens (primary N) is 1. The fraction of sp³-hybridized carbons (Fsp3) is 0.167. The largest absolute Gasteiger partial charge is 0.472 e. The van der Waals surface area contributed by atoms with Crippen molar-refractivity contribution in [3.8, 4) is 0 Å². The van der Waals surface area contributed by atoms with Crippen molar-refractivity contribution in [1.82, 2.24) is 5.43 Å². The molecule has 0 aliphatic rings. The Morgan fingerprint density at radius 1 is 1.13 bits per heavy atom. The molecule has 78 valence electrons. The van der Waals surface area contributed by atoms with Crippen molar-refractivity contribution in [2.45, 2.75) is 13.0 Å². The highest BCUT2D eigenvalue weighted by molar-refractivity contribution is 5.31. The summed E-state index contributed by atoms with van der Waals surface area (Å²) in [5.74, 6) is 5.54. The maximum atomic E-state index is 5.54. The van der Waals surface area contributed by atoms with Crippen LogP contribution in [0.4, 0.5) is 0 Å². The van der Waals surface area contributed by atoms with Crippen LogP contribution in [0, 0.1) is 6.92 Å². The van der Waals surface area contributed by atoms with Crippen LogP contribution in [-0.2, 0) is 0 Å². The third kappa shape index (κ3) is 2.09. The van der Waals surface area contributed by atoms with Gasteiger partial charge in [0.05, 0.1) is 18.6 Å². The summed E-state index contributed by atoms with van der Waals surface area (Å²) in [6, 6.07) is 10.2. The van der Waals surface area contributed by atoms with E-state index in [1.807, 2.05) is 6.07 Å². The molecule has 0 aliphatic heterocycles. The quantitative estimate of drug-likeness (QED) is 0.592. The second-order valence-electron chi connectivity index (χ2n) is 3.57. The maximum absolute atomic E-state index is 5.54. The molecule has 0 saturated heterocycles. The smallest absolute Gasteiger partial charge is 0.0954 e. The zero-order valence-electron chi connectivity index (χ0n) is 8.60. The van der Waals surface area contributed by atoms with E-state index < -0.39 is 0 Å². The number of rotatable bonds is 3. The number of aryl methyl sites for hydroxylation is 1. The summed E-state index contributed by atoms with van der Waals surface area (Å²) >= 11 is 0. The van der Waals surface area contributed by atoms with Crippen LogP contribution in [0.3, 0.4) is 0 Å². The van der Waals surface area contributed by atoms with Gasteiger partial charge in [0.25, 0.3) is 0 Å². The highest BCUT2D eigenvalue weighted by atomic mass is 16.3. The van der Waals surface area contributed by atoms with Crippen molar-refractivity contribution in [3.63, 3.8) is 0 Å². The first-order valence-corrected chi connectivity index (χ1v) is 4.86. The topological polar surface area (TPSA) is 51.2 Å². The number of hydrogen-bond donors (Lipinski definition) is 2. The third-order valence-corrected chi connectivity index (χ3v) is 2.45. The fourth-order valence-electron chi connectivity index (χ4n) is 1.58. The zero-order chi connectivity index (χ0) is 10.7. The Balaban J connectivity index is 2.31. The summed E-state index contributed by atoms with van der Waals surface area (Å²) in [4.78, 5) is 0. The molecule has 2 rings (SSSR count). The van der Waals surface area contributed by atoms with Crippen molar-refractivity contribution in [2.24, 2.45) is 5.84 Å². The number of nitrogens with one attached hydrogen (secondary N) is 1. The number of benzene rings is 1. The van der Waals surface area contributed by atoms with Crippen LogP contribution in [-0.4, -0.2) is 0 Å². The van der Waals surface area contributed by atoms with Crippen LogP contribution in [0.5, 0.6) is 0 Å². The molecule has 0 bridgehead atoms. The van der Waals surface area contributed by atoms with E-state index in [-0.39, 0.29) is 6.04 Å². The van der Waals surface area contributed by atoms with Crippen molar-refractivity contribution < 1.29 is 4.42 Å². The first kappa shape index (κ1) is 9.96. The van der Waals surface area contributed by atoms with E-state index in [1.54, 1.807) is 12.5 Å². The van der Waals surface area contributed by atoms with Crippen LogP contribution in [0.1, 0.15) is 22.7 Å². The standard InChI is InChI=1S/C12H14N2O/c1-9-2-4-10(5-3-9)12(14-13)11-6-7-15-8-11/h2-8,12,14H,13H2,1H3. The molecule has 1 aromatic heterocycles. The van der Waals surface area contributed by atoms with E-state index >= 15 is 0 Å². The monoisotopic (exact) mass is 202 g/mol. The average molecular weight is 202 g/mol. The molecule has 0 amide bonds. The van der Waals surface area contributed by atoms with Crippen molar-refractivity contribution in [2.75, 3.05) is 0 Å². The predicted molar refractivity (Wildman–Crippen MR) is 59.1 cm³/mol. The maximum Gasteiger partial charge on any atom is 0.0954 e. The molecule has 0 fully saturated rings. The second-order valence-corrected chi connectivity index (χ2v) is 3.57. The van der Waals surface area contributed by atoms with Gasteiger partial charge in [-0.3, -0.25) is 5.84 Å². The minimum Gasteiger partial charge on any atom is -0.472 e. The third-order valence-electron chi connectivity index (χ3n) is 2.45. The Kier molecular flexibility index (Phi) is 2.85. The Morgan fingerprint density at radius 2 is 1.87 bits per heavy atom. The van der Waals surface area contributed by atoms with E-state index in [1.165, 1.54) is 5.56 Å². The van der Waals surface area contributed by atoms with Crippen LogP contribution < -0.4 is 11.3 Å². The van der Waals surface area contributed by atoms with Gasteiger partial charge >= 0.3 is 0 Å². The van der Waals surface area contributed by atoms with Crippen LogP contribution in [0.2, 0.25) is 0 Å². The molecule has 15 heavy (non-hydrogen) atoms. The number of hydrogen-bond acceptors (Lipinski definition) is 3. The number of hydrazine groups is 1. The highest BCUT2D eigenvalue weighted by Gasteiger charge is 2.12. The van der Waals surface area contributed by atoms with E-state index in [0.717, 1.165) is 11.1 Å². The van der Waals surface area contributed by atoms with Crippen molar-refractivity contribution in [1.29, 1.82) is 0 Å². The minimum atomic E-state index is -0.00986. The van der Waals surface area contributed by atoms with Crippen molar-refractivity contribution in [3.05, 3.63) is 59.5 Å². The van der Waals surface area contributed by atoms with Gasteiger partial charge in [0.15, 0.2) is 0 Å². The summed E-state index contributed by atoms with van der Waals surface area (Å²) in [5.41, 5.74) is 6.18. The van der Waals surface area contributed by atoms with E-state index in [0.29, 0.717) is 0 Å². The highest BCUT2D eigenvalue weighted by Crippen LogP contribution is 2.21. The molecule has 0 saturated carbocycles. The molecule has 0 aliphatic carbocycles. The van der Waals surface area contributed by atoms with E-state index in [9.17, 15) is 0 Å². The zero-order valence-corrected chi connectivity index (χ0v) is 8.60. The van der Waals surface area contributed by atoms with Gasteiger partial charge in [-0.15, -0.1) is 0 Å². The Bertz CT molecular complexity index is 406. The van der Waals surface area contributed by atoms with Crippen LogP contribution in [0.25, 0.3) is 0 Å². The summed E-state index contributed by atoms with van der Waals surface area (Å²) < 4.78 is 5.05. The first-order valence-electron chi connectivity index (χ1n) is 4.86. The van der Waals surface area contributed by atoms with E-state index in [2.05, 4.69) is 36.6 Å². The molecule has 1 atom stereocenters. The van der Waals surface area contributed by atoms with Gasteiger partial charge in [0.2, 0.25) is 0 Å². The molecule has 1 heterocycles. The van der Waals surface area contributed by atoms with E-state index in [4.69, 9.17) is 10.3 Å². The summed E-state index contributed by atoms with van der Waals surface area (Å²) in [5, 5.41) is 0. The van der Waals surface area contributed by atoms with Crippen LogP contribution in [0.15, 0.2) is 47.3 Å². The molecule has 2 aromatic rings. The average Bonchev–Trinajstić information content (AvgIpc) is 2.75.